The quantitative estimate of drug-likeness (QED) is 0.626. The third kappa shape index (κ3) is 3.31. The van der Waals surface area contributed by atoms with E-state index in [1.165, 1.54) is 0 Å². The van der Waals surface area contributed by atoms with Crippen LogP contribution in [0.25, 0.3) is 0 Å². The van der Waals surface area contributed by atoms with Gasteiger partial charge in [0.25, 0.3) is 0 Å². The van der Waals surface area contributed by atoms with E-state index in [2.05, 4.69) is 16.8 Å². The molecule has 0 aliphatic carbocycles. The van der Waals surface area contributed by atoms with Crippen LogP contribution in [0.5, 0.6) is 0 Å². The first-order valence-electron chi connectivity index (χ1n) is 6.41. The topological polar surface area (TPSA) is 49.6 Å². The summed E-state index contributed by atoms with van der Waals surface area (Å²) in [4.78, 5) is 15.8. The molecule has 0 radical (unpaired) electrons. The molecule has 0 saturated carbocycles. The van der Waals surface area contributed by atoms with Gasteiger partial charge in [-0.2, -0.15) is 0 Å². The maximum Gasteiger partial charge on any atom is 0.137 e. The van der Waals surface area contributed by atoms with Crippen LogP contribution >= 0.6 is 0 Å². The summed E-state index contributed by atoms with van der Waals surface area (Å²) in [5, 5.41) is 0. The predicted octanol–water partition coefficient (Wildman–Crippen LogP) is 0.626. The van der Waals surface area contributed by atoms with E-state index in [0.29, 0.717) is 0 Å². The molecule has 1 heterocycles. The molecule has 1 aromatic rings. The van der Waals surface area contributed by atoms with Crippen LogP contribution in [0, 0.1) is 0 Å². The Labute approximate surface area is 108 Å². The minimum Gasteiger partial charge on any atom is -0.399 e. The average Bonchev–Trinajstić information content (AvgIpc) is 2.37. The molecular formula is C14H21N3O. The molecule has 1 fully saturated rings. The second-order valence-corrected chi connectivity index (χ2v) is 4.99. The molecule has 0 bridgehead atoms. The number of nitrogens with two attached hydrogens (primary N) is 1. The number of anilines is 1. The normalized spacial score (nSPS) is 19.6. The summed E-state index contributed by atoms with van der Waals surface area (Å²) in [5.74, 6) is 0. The molecule has 4 heteroatoms. The van der Waals surface area contributed by atoms with Crippen molar-refractivity contribution in [3.8, 4) is 0 Å². The number of piperazine rings is 1. The van der Waals surface area contributed by atoms with E-state index in [9.17, 15) is 4.79 Å². The van der Waals surface area contributed by atoms with E-state index in [1.54, 1.807) is 0 Å². The Kier molecular flexibility index (Phi) is 4.33. The van der Waals surface area contributed by atoms with Crippen molar-refractivity contribution in [1.29, 1.82) is 0 Å². The number of benzene rings is 1. The number of carbonyl (C=O) groups excluding carboxylic acids is 1. The lowest BCUT2D eigenvalue weighted by Crippen LogP contribution is -2.50. The fourth-order valence-electron chi connectivity index (χ4n) is 2.38. The molecular weight excluding hydrogens is 226 g/mol. The van der Waals surface area contributed by atoms with Gasteiger partial charge >= 0.3 is 0 Å². The summed E-state index contributed by atoms with van der Waals surface area (Å²) in [7, 11) is 2.12. The number of nitrogen functional groups attached to an aromatic ring is 1. The number of carbonyl (C=O) groups is 1. The van der Waals surface area contributed by atoms with Crippen molar-refractivity contribution in [1.82, 2.24) is 9.80 Å². The van der Waals surface area contributed by atoms with Crippen molar-refractivity contribution >= 4 is 12.0 Å². The average molecular weight is 247 g/mol. The Morgan fingerprint density at radius 2 is 2.06 bits per heavy atom. The molecule has 0 amide bonds. The van der Waals surface area contributed by atoms with Crippen LogP contribution in [0.2, 0.25) is 0 Å². The highest BCUT2D eigenvalue weighted by molar-refractivity contribution is 5.59. The lowest BCUT2D eigenvalue weighted by atomic mass is 10.0. The van der Waals surface area contributed by atoms with Crippen LogP contribution in [0.1, 0.15) is 5.56 Å². The van der Waals surface area contributed by atoms with E-state index >= 15 is 0 Å². The monoisotopic (exact) mass is 247 g/mol. The molecule has 98 valence electrons. The summed E-state index contributed by atoms with van der Waals surface area (Å²) < 4.78 is 0. The highest BCUT2D eigenvalue weighted by Gasteiger charge is 2.22. The first-order chi connectivity index (χ1) is 8.69. The Morgan fingerprint density at radius 1 is 1.33 bits per heavy atom. The molecule has 1 aliphatic heterocycles. The van der Waals surface area contributed by atoms with Gasteiger partial charge in [-0.1, -0.05) is 12.1 Å². The Morgan fingerprint density at radius 3 is 2.67 bits per heavy atom. The molecule has 0 aromatic heterocycles. The number of hydrogen-bond acceptors (Lipinski definition) is 4. The third-order valence-corrected chi connectivity index (χ3v) is 3.56. The van der Waals surface area contributed by atoms with Gasteiger partial charge in [0, 0.05) is 31.9 Å². The fraction of sp³-hybridized carbons (Fsp3) is 0.500. The van der Waals surface area contributed by atoms with Gasteiger partial charge in [0.2, 0.25) is 0 Å². The number of hydrogen-bond donors (Lipinski definition) is 1. The SMILES string of the molecule is CN1CCN(C(C=O)Cc2cccc(N)c2)CC1. The van der Waals surface area contributed by atoms with Crippen LogP contribution in [0.15, 0.2) is 24.3 Å². The summed E-state index contributed by atoms with van der Waals surface area (Å²) in [6.45, 7) is 3.98. The van der Waals surface area contributed by atoms with Gasteiger partial charge < -0.3 is 15.4 Å². The van der Waals surface area contributed by atoms with Crippen molar-refractivity contribution in [3.63, 3.8) is 0 Å². The highest BCUT2D eigenvalue weighted by Crippen LogP contribution is 2.12. The second kappa shape index (κ2) is 5.98. The van der Waals surface area contributed by atoms with E-state index in [4.69, 9.17) is 5.73 Å². The molecule has 1 unspecified atom stereocenters. The molecule has 18 heavy (non-hydrogen) atoms. The van der Waals surface area contributed by atoms with Crippen LogP contribution in [0.4, 0.5) is 5.69 Å². The van der Waals surface area contributed by atoms with Gasteiger partial charge in [0.1, 0.15) is 6.29 Å². The number of nitrogens with zero attached hydrogens (tertiary/aromatic N) is 2. The minimum absolute atomic E-state index is 0.0273. The van der Waals surface area contributed by atoms with E-state index in [1.807, 2.05) is 24.3 Å². The lowest BCUT2D eigenvalue weighted by Gasteiger charge is -2.35. The Hall–Kier alpha value is -1.39. The zero-order valence-corrected chi connectivity index (χ0v) is 10.9. The Bertz CT molecular complexity index is 400. The second-order valence-electron chi connectivity index (χ2n) is 4.99. The minimum atomic E-state index is -0.0273. The van der Waals surface area contributed by atoms with Gasteiger partial charge in [-0.3, -0.25) is 4.90 Å². The molecule has 1 aromatic carbocycles. The molecule has 1 atom stereocenters. The van der Waals surface area contributed by atoms with Gasteiger partial charge in [0.05, 0.1) is 6.04 Å². The molecule has 0 spiro atoms. The van der Waals surface area contributed by atoms with Crippen LogP contribution in [0.3, 0.4) is 0 Å². The maximum absolute atomic E-state index is 11.3. The van der Waals surface area contributed by atoms with Crippen LogP contribution < -0.4 is 5.73 Å². The zero-order chi connectivity index (χ0) is 13.0. The number of rotatable bonds is 4. The Balaban J connectivity index is 1.99. The summed E-state index contributed by atoms with van der Waals surface area (Å²) in [5.41, 5.74) is 7.65. The van der Waals surface area contributed by atoms with Crippen molar-refractivity contribution in [2.45, 2.75) is 12.5 Å². The maximum atomic E-state index is 11.3. The largest absolute Gasteiger partial charge is 0.399 e. The van der Waals surface area contributed by atoms with E-state index in [0.717, 1.165) is 50.1 Å². The van der Waals surface area contributed by atoms with Gasteiger partial charge in [-0.25, -0.2) is 0 Å². The first kappa shape index (κ1) is 13.1. The van der Waals surface area contributed by atoms with Crippen molar-refractivity contribution in [2.75, 3.05) is 39.0 Å². The van der Waals surface area contributed by atoms with Gasteiger partial charge in [0.15, 0.2) is 0 Å². The number of aldehydes is 1. The lowest BCUT2D eigenvalue weighted by molar-refractivity contribution is -0.113. The van der Waals surface area contributed by atoms with Crippen LogP contribution in [-0.2, 0) is 11.2 Å². The summed E-state index contributed by atoms with van der Waals surface area (Å²) in [6.07, 6.45) is 1.81. The third-order valence-electron chi connectivity index (χ3n) is 3.56. The zero-order valence-electron chi connectivity index (χ0n) is 10.9. The first-order valence-corrected chi connectivity index (χ1v) is 6.41. The van der Waals surface area contributed by atoms with Crippen molar-refractivity contribution < 1.29 is 4.79 Å². The smallest absolute Gasteiger partial charge is 0.137 e. The van der Waals surface area contributed by atoms with Gasteiger partial charge in [-0.05, 0) is 31.2 Å². The number of likely N-dealkylation sites (N-methyl/N-ethyl adjacent to an activating group) is 1. The van der Waals surface area contributed by atoms with Crippen LogP contribution in [-0.4, -0.2) is 55.4 Å². The fourth-order valence-corrected chi connectivity index (χ4v) is 2.38. The predicted molar refractivity (Wildman–Crippen MR) is 73.5 cm³/mol. The standard InChI is InChI=1S/C14H21N3O/c1-16-5-7-17(8-6-16)14(11-18)10-12-3-2-4-13(15)9-12/h2-4,9,11,14H,5-8,10,15H2,1H3. The highest BCUT2D eigenvalue weighted by atomic mass is 16.1. The molecule has 2 N–H and O–H groups in total. The molecule has 1 aliphatic rings. The molecule has 1 saturated heterocycles. The summed E-state index contributed by atoms with van der Waals surface area (Å²) in [6, 6.07) is 7.77. The van der Waals surface area contributed by atoms with E-state index in [-0.39, 0.29) is 6.04 Å². The van der Waals surface area contributed by atoms with Crippen molar-refractivity contribution in [3.05, 3.63) is 29.8 Å². The van der Waals surface area contributed by atoms with Crippen molar-refractivity contribution in [2.24, 2.45) is 0 Å². The van der Waals surface area contributed by atoms with Gasteiger partial charge in [-0.15, -0.1) is 0 Å². The molecule has 4 nitrogen and oxygen atoms in total. The summed E-state index contributed by atoms with van der Waals surface area (Å²) >= 11 is 0. The van der Waals surface area contributed by atoms with E-state index < -0.39 is 0 Å². The molecule has 2 rings (SSSR count).